The minimum atomic E-state index is 0.0149. The normalized spacial score (nSPS) is 11.0. The molecular formula is C9H7ClOS2. The molecule has 0 saturated carbocycles. The van der Waals surface area contributed by atoms with Crippen molar-refractivity contribution < 1.29 is 5.11 Å². The Morgan fingerprint density at radius 3 is 2.92 bits per heavy atom. The molecule has 1 nitrogen and oxygen atoms in total. The number of hydrogen-bond acceptors (Lipinski definition) is 3. The van der Waals surface area contributed by atoms with Gasteiger partial charge in [0.2, 0.25) is 0 Å². The van der Waals surface area contributed by atoms with Crippen LogP contribution >= 0.6 is 35.6 Å². The maximum Gasteiger partial charge on any atom is 0.0767 e. The van der Waals surface area contributed by atoms with E-state index in [4.69, 9.17) is 16.7 Å². The number of halogens is 1. The lowest BCUT2D eigenvalue weighted by molar-refractivity contribution is 0.283. The number of hydrogen-bond donors (Lipinski definition) is 2. The molecule has 1 N–H and O–H groups in total. The second kappa shape index (κ2) is 3.50. The fourth-order valence-electron chi connectivity index (χ4n) is 1.30. The van der Waals surface area contributed by atoms with Gasteiger partial charge >= 0.3 is 0 Å². The van der Waals surface area contributed by atoms with Gasteiger partial charge in [-0.05, 0) is 11.6 Å². The number of aliphatic hydroxyl groups is 1. The van der Waals surface area contributed by atoms with E-state index in [0.29, 0.717) is 5.02 Å². The summed E-state index contributed by atoms with van der Waals surface area (Å²) in [7, 11) is 0. The number of aliphatic hydroxyl groups excluding tert-OH is 1. The van der Waals surface area contributed by atoms with Gasteiger partial charge in [-0.25, -0.2) is 0 Å². The SMILES string of the molecule is OCc1cccc2sc(S)c(Cl)c12. The average molecular weight is 231 g/mol. The number of thiophene rings is 1. The van der Waals surface area contributed by atoms with Crippen LogP contribution in [0.25, 0.3) is 10.1 Å². The molecule has 2 aromatic rings. The Kier molecular flexibility index (Phi) is 2.51. The minimum Gasteiger partial charge on any atom is -0.392 e. The summed E-state index contributed by atoms with van der Waals surface area (Å²) in [5, 5.41) is 10.7. The third-order valence-electron chi connectivity index (χ3n) is 1.90. The smallest absolute Gasteiger partial charge is 0.0767 e. The third kappa shape index (κ3) is 1.46. The lowest BCUT2D eigenvalue weighted by Crippen LogP contribution is -1.82. The molecule has 0 unspecified atom stereocenters. The highest BCUT2D eigenvalue weighted by Crippen LogP contribution is 2.39. The van der Waals surface area contributed by atoms with Gasteiger partial charge in [0.15, 0.2) is 0 Å². The third-order valence-corrected chi connectivity index (χ3v) is 3.97. The van der Waals surface area contributed by atoms with E-state index in [1.54, 1.807) is 0 Å². The van der Waals surface area contributed by atoms with Crippen molar-refractivity contribution in [3.63, 3.8) is 0 Å². The zero-order valence-electron chi connectivity index (χ0n) is 6.62. The predicted octanol–water partition coefficient (Wildman–Crippen LogP) is 3.34. The van der Waals surface area contributed by atoms with Crippen molar-refractivity contribution in [2.24, 2.45) is 0 Å². The van der Waals surface area contributed by atoms with Crippen molar-refractivity contribution in [2.45, 2.75) is 10.8 Å². The zero-order valence-corrected chi connectivity index (χ0v) is 9.09. The van der Waals surface area contributed by atoms with Crippen LogP contribution in [0.15, 0.2) is 22.4 Å². The van der Waals surface area contributed by atoms with Crippen molar-refractivity contribution in [1.29, 1.82) is 0 Å². The molecule has 0 saturated heterocycles. The van der Waals surface area contributed by atoms with Gasteiger partial charge in [0.05, 0.1) is 15.8 Å². The summed E-state index contributed by atoms with van der Waals surface area (Å²) in [4.78, 5) is 0. The highest BCUT2D eigenvalue weighted by molar-refractivity contribution is 7.83. The lowest BCUT2D eigenvalue weighted by atomic mass is 10.1. The summed E-state index contributed by atoms with van der Waals surface area (Å²) in [6, 6.07) is 5.76. The molecule has 0 radical (unpaired) electrons. The van der Waals surface area contributed by atoms with Crippen LogP contribution in [-0.4, -0.2) is 5.11 Å². The molecule has 0 aliphatic carbocycles. The fraction of sp³-hybridized carbons (Fsp3) is 0.111. The standard InChI is InChI=1S/C9H7ClOS2/c10-8-7-5(4-11)2-1-3-6(7)13-9(8)12/h1-3,11-12H,4H2. The highest BCUT2D eigenvalue weighted by Gasteiger charge is 2.10. The van der Waals surface area contributed by atoms with Crippen molar-refractivity contribution in [2.75, 3.05) is 0 Å². The van der Waals surface area contributed by atoms with Gasteiger partial charge in [-0.3, -0.25) is 0 Å². The van der Waals surface area contributed by atoms with Crippen molar-refractivity contribution in [1.82, 2.24) is 0 Å². The van der Waals surface area contributed by atoms with E-state index < -0.39 is 0 Å². The van der Waals surface area contributed by atoms with Crippen molar-refractivity contribution >= 4 is 45.7 Å². The van der Waals surface area contributed by atoms with Crippen LogP contribution < -0.4 is 0 Å². The van der Waals surface area contributed by atoms with Gasteiger partial charge in [0.1, 0.15) is 0 Å². The second-order valence-corrected chi connectivity index (χ2v) is 4.85. The van der Waals surface area contributed by atoms with Gasteiger partial charge in [0.25, 0.3) is 0 Å². The summed E-state index contributed by atoms with van der Waals surface area (Å²) in [5.74, 6) is 0. The molecule has 0 atom stereocenters. The van der Waals surface area contributed by atoms with Gasteiger partial charge in [0, 0.05) is 10.1 Å². The van der Waals surface area contributed by atoms with Crippen LogP contribution in [0.5, 0.6) is 0 Å². The summed E-state index contributed by atoms with van der Waals surface area (Å²) in [5.41, 5.74) is 0.860. The molecule has 1 heterocycles. The molecule has 0 aliphatic rings. The zero-order chi connectivity index (χ0) is 9.42. The molecule has 1 aromatic heterocycles. The van der Waals surface area contributed by atoms with Gasteiger partial charge in [-0.2, -0.15) is 0 Å². The Balaban J connectivity index is 2.87. The predicted molar refractivity (Wildman–Crippen MR) is 60.0 cm³/mol. The Hall–Kier alpha value is -0.220. The summed E-state index contributed by atoms with van der Waals surface area (Å²) in [6.07, 6.45) is 0. The van der Waals surface area contributed by atoms with Crippen LogP contribution in [0.1, 0.15) is 5.56 Å². The first-order chi connectivity index (χ1) is 6.24. The number of fused-ring (bicyclic) bond motifs is 1. The maximum absolute atomic E-state index is 9.09. The second-order valence-electron chi connectivity index (χ2n) is 2.67. The largest absolute Gasteiger partial charge is 0.392 e. The Morgan fingerprint density at radius 2 is 2.23 bits per heavy atom. The van der Waals surface area contributed by atoms with Crippen LogP contribution in [0.2, 0.25) is 5.02 Å². The molecule has 68 valence electrons. The van der Waals surface area contributed by atoms with E-state index in [1.165, 1.54) is 11.3 Å². The Labute approximate surface area is 90.4 Å². The van der Waals surface area contributed by atoms with E-state index in [1.807, 2.05) is 18.2 Å². The maximum atomic E-state index is 9.09. The molecule has 0 fully saturated rings. The molecule has 1 aromatic carbocycles. The van der Waals surface area contributed by atoms with E-state index in [-0.39, 0.29) is 6.61 Å². The molecule has 13 heavy (non-hydrogen) atoms. The molecular weight excluding hydrogens is 224 g/mol. The van der Waals surface area contributed by atoms with E-state index in [9.17, 15) is 0 Å². The minimum absolute atomic E-state index is 0.0149. The topological polar surface area (TPSA) is 20.2 Å². The Morgan fingerprint density at radius 1 is 1.46 bits per heavy atom. The van der Waals surface area contributed by atoms with Crippen LogP contribution in [0.4, 0.5) is 0 Å². The molecule has 2 rings (SSSR count). The summed E-state index contributed by atoms with van der Waals surface area (Å²) in [6.45, 7) is 0.0149. The molecule has 0 aliphatic heterocycles. The first-order valence-corrected chi connectivity index (χ1v) is 5.38. The van der Waals surface area contributed by atoms with Crippen LogP contribution in [0.3, 0.4) is 0 Å². The van der Waals surface area contributed by atoms with Gasteiger partial charge in [-0.15, -0.1) is 24.0 Å². The van der Waals surface area contributed by atoms with Crippen molar-refractivity contribution in [3.05, 3.63) is 28.8 Å². The highest BCUT2D eigenvalue weighted by atomic mass is 35.5. The van der Waals surface area contributed by atoms with E-state index >= 15 is 0 Å². The quantitative estimate of drug-likeness (QED) is 0.720. The van der Waals surface area contributed by atoms with Crippen molar-refractivity contribution in [3.8, 4) is 0 Å². The molecule has 4 heteroatoms. The molecule has 0 amide bonds. The van der Waals surface area contributed by atoms with Crippen LogP contribution in [-0.2, 0) is 6.61 Å². The first-order valence-electron chi connectivity index (χ1n) is 3.73. The molecule has 0 spiro atoms. The van der Waals surface area contributed by atoms with E-state index in [2.05, 4.69) is 12.6 Å². The summed E-state index contributed by atoms with van der Waals surface area (Å²) >= 11 is 11.8. The fourth-order valence-corrected chi connectivity index (χ4v) is 2.98. The van der Waals surface area contributed by atoms with E-state index in [0.717, 1.165) is 19.9 Å². The lowest BCUT2D eigenvalue weighted by Gasteiger charge is -1.98. The first kappa shape index (κ1) is 9.34. The number of thiol groups is 1. The number of rotatable bonds is 1. The van der Waals surface area contributed by atoms with Crippen LogP contribution in [0, 0.1) is 0 Å². The summed E-state index contributed by atoms with van der Waals surface area (Å²) < 4.78 is 1.87. The van der Waals surface area contributed by atoms with Gasteiger partial charge in [-0.1, -0.05) is 23.7 Å². The van der Waals surface area contributed by atoms with Gasteiger partial charge < -0.3 is 5.11 Å². The Bertz CT molecular complexity index is 450. The average Bonchev–Trinajstić information content (AvgIpc) is 2.43. The number of benzene rings is 1. The monoisotopic (exact) mass is 230 g/mol. The molecule has 0 bridgehead atoms.